The molecule has 2 aromatic rings. The first kappa shape index (κ1) is 14.8. The molecule has 7 nitrogen and oxygen atoms in total. The fraction of sp³-hybridized carbons (Fsp3) is 0.188. The predicted molar refractivity (Wildman–Crippen MR) is 81.2 cm³/mol. The van der Waals surface area contributed by atoms with Gasteiger partial charge >= 0.3 is 0 Å². The van der Waals surface area contributed by atoms with E-state index in [1.165, 1.54) is 23.5 Å². The Labute approximate surface area is 132 Å². The number of nitrogens with zero attached hydrogens (tertiary/aromatic N) is 3. The van der Waals surface area contributed by atoms with Crippen LogP contribution in [0, 0.1) is 0 Å². The second-order valence-corrected chi connectivity index (χ2v) is 5.12. The number of amides is 3. The Morgan fingerprint density at radius 2 is 1.78 bits per heavy atom. The van der Waals surface area contributed by atoms with Crippen LogP contribution in [0.2, 0.25) is 0 Å². The van der Waals surface area contributed by atoms with Gasteiger partial charge in [0.1, 0.15) is 5.69 Å². The van der Waals surface area contributed by atoms with Gasteiger partial charge in [-0.1, -0.05) is 12.1 Å². The third-order valence-electron chi connectivity index (χ3n) is 3.50. The van der Waals surface area contributed by atoms with Crippen molar-refractivity contribution in [2.75, 3.05) is 5.32 Å². The molecule has 1 saturated heterocycles. The van der Waals surface area contributed by atoms with E-state index in [1.807, 2.05) is 0 Å². The summed E-state index contributed by atoms with van der Waals surface area (Å²) >= 11 is 0. The number of nitrogens with one attached hydrogen (secondary N) is 1. The van der Waals surface area contributed by atoms with E-state index >= 15 is 0 Å². The van der Waals surface area contributed by atoms with Crippen LogP contribution in [0.15, 0.2) is 42.9 Å². The van der Waals surface area contributed by atoms with Crippen molar-refractivity contribution in [3.63, 3.8) is 0 Å². The lowest BCUT2D eigenvalue weighted by atomic mass is 10.2. The summed E-state index contributed by atoms with van der Waals surface area (Å²) in [5.41, 5.74) is 1.65. The highest BCUT2D eigenvalue weighted by Crippen LogP contribution is 2.17. The van der Waals surface area contributed by atoms with E-state index in [4.69, 9.17) is 0 Å². The zero-order valence-corrected chi connectivity index (χ0v) is 12.2. The Morgan fingerprint density at radius 1 is 1.09 bits per heavy atom. The second-order valence-electron chi connectivity index (χ2n) is 5.12. The average Bonchev–Trinajstić information content (AvgIpc) is 2.89. The minimum atomic E-state index is -0.351. The van der Waals surface area contributed by atoms with Crippen molar-refractivity contribution in [1.29, 1.82) is 0 Å². The number of carbonyl (C=O) groups excluding carboxylic acids is 3. The monoisotopic (exact) mass is 310 g/mol. The quantitative estimate of drug-likeness (QED) is 0.861. The van der Waals surface area contributed by atoms with Crippen molar-refractivity contribution in [2.24, 2.45) is 0 Å². The number of anilines is 1. The van der Waals surface area contributed by atoms with Crippen LogP contribution < -0.4 is 5.32 Å². The summed E-state index contributed by atoms with van der Waals surface area (Å²) in [6.45, 7) is 0.260. The van der Waals surface area contributed by atoms with E-state index in [-0.39, 0.29) is 42.8 Å². The lowest BCUT2D eigenvalue weighted by Gasteiger charge is -2.14. The molecule has 3 rings (SSSR count). The Morgan fingerprint density at radius 3 is 2.39 bits per heavy atom. The number of benzene rings is 1. The summed E-state index contributed by atoms with van der Waals surface area (Å²) in [7, 11) is 0. The SMILES string of the molecule is O=C(Nc1ccc(CN2C(=O)CCC2=O)cc1)c1cnccn1. The molecule has 0 bridgehead atoms. The third kappa shape index (κ3) is 3.39. The van der Waals surface area contributed by atoms with Gasteiger partial charge in [-0.15, -0.1) is 0 Å². The van der Waals surface area contributed by atoms with Crippen LogP contribution in [-0.2, 0) is 16.1 Å². The predicted octanol–water partition coefficient (Wildman–Crippen LogP) is 1.38. The van der Waals surface area contributed by atoms with E-state index in [2.05, 4.69) is 15.3 Å². The molecule has 1 aromatic carbocycles. The van der Waals surface area contributed by atoms with Gasteiger partial charge in [0.15, 0.2) is 0 Å². The summed E-state index contributed by atoms with van der Waals surface area (Å²) in [5, 5.41) is 2.71. The van der Waals surface area contributed by atoms with Crippen LogP contribution in [0.25, 0.3) is 0 Å². The van der Waals surface area contributed by atoms with Crippen LogP contribution in [0.5, 0.6) is 0 Å². The molecular formula is C16H14N4O3. The van der Waals surface area contributed by atoms with E-state index in [0.29, 0.717) is 5.69 Å². The summed E-state index contributed by atoms with van der Waals surface area (Å²) < 4.78 is 0. The maximum Gasteiger partial charge on any atom is 0.275 e. The Kier molecular flexibility index (Phi) is 4.09. The lowest BCUT2D eigenvalue weighted by molar-refractivity contribution is -0.139. The van der Waals surface area contributed by atoms with Crippen LogP contribution >= 0.6 is 0 Å². The molecule has 2 heterocycles. The minimum Gasteiger partial charge on any atom is -0.321 e. The Bertz CT molecular complexity index is 728. The summed E-state index contributed by atoms with van der Waals surface area (Å²) in [6.07, 6.45) is 4.89. The highest BCUT2D eigenvalue weighted by Gasteiger charge is 2.28. The fourth-order valence-corrected chi connectivity index (χ4v) is 2.29. The first-order valence-electron chi connectivity index (χ1n) is 7.13. The average molecular weight is 310 g/mol. The standard InChI is InChI=1S/C16H14N4O3/c21-14-5-6-15(22)20(14)10-11-1-3-12(4-2-11)19-16(23)13-9-17-7-8-18-13/h1-4,7-9H,5-6,10H2,(H,19,23). The van der Waals surface area contributed by atoms with Gasteiger partial charge in [-0.3, -0.25) is 24.3 Å². The molecule has 1 N–H and O–H groups in total. The number of carbonyl (C=O) groups is 3. The first-order valence-corrected chi connectivity index (χ1v) is 7.13. The van der Waals surface area contributed by atoms with Gasteiger partial charge in [-0.05, 0) is 17.7 Å². The second kappa shape index (κ2) is 6.35. The number of hydrogen-bond acceptors (Lipinski definition) is 5. The maximum absolute atomic E-state index is 12.0. The van der Waals surface area contributed by atoms with E-state index in [0.717, 1.165) is 5.56 Å². The summed E-state index contributed by atoms with van der Waals surface area (Å²) in [6, 6.07) is 6.97. The van der Waals surface area contributed by atoms with Gasteiger partial charge in [0.25, 0.3) is 5.91 Å². The van der Waals surface area contributed by atoms with Crippen LogP contribution in [-0.4, -0.2) is 32.6 Å². The Balaban J connectivity index is 1.64. The van der Waals surface area contributed by atoms with E-state index in [9.17, 15) is 14.4 Å². The largest absolute Gasteiger partial charge is 0.321 e. The number of imide groups is 1. The van der Waals surface area contributed by atoms with Crippen LogP contribution in [0.4, 0.5) is 5.69 Å². The van der Waals surface area contributed by atoms with Crippen molar-refractivity contribution >= 4 is 23.4 Å². The molecule has 1 aliphatic rings. The van der Waals surface area contributed by atoms with Gasteiger partial charge < -0.3 is 5.32 Å². The van der Waals surface area contributed by atoms with Gasteiger partial charge in [0.2, 0.25) is 11.8 Å². The van der Waals surface area contributed by atoms with Crippen molar-refractivity contribution in [3.05, 3.63) is 54.1 Å². The van der Waals surface area contributed by atoms with Crippen molar-refractivity contribution < 1.29 is 14.4 Å². The molecule has 0 aliphatic carbocycles. The fourth-order valence-electron chi connectivity index (χ4n) is 2.29. The van der Waals surface area contributed by atoms with Crippen molar-refractivity contribution in [2.45, 2.75) is 19.4 Å². The molecule has 1 aromatic heterocycles. The van der Waals surface area contributed by atoms with E-state index < -0.39 is 0 Å². The molecule has 0 atom stereocenters. The molecule has 1 aliphatic heterocycles. The molecule has 1 fully saturated rings. The molecule has 116 valence electrons. The number of hydrogen-bond donors (Lipinski definition) is 1. The van der Waals surface area contributed by atoms with Crippen molar-refractivity contribution in [1.82, 2.24) is 14.9 Å². The van der Waals surface area contributed by atoms with Gasteiger partial charge in [0, 0.05) is 30.9 Å². The molecule has 0 saturated carbocycles. The third-order valence-corrected chi connectivity index (χ3v) is 3.50. The summed E-state index contributed by atoms with van der Waals surface area (Å²) in [4.78, 5) is 44.2. The first-order chi connectivity index (χ1) is 11.1. The smallest absolute Gasteiger partial charge is 0.275 e. The normalized spacial score (nSPS) is 14.2. The lowest BCUT2D eigenvalue weighted by Crippen LogP contribution is -2.28. The molecule has 0 spiro atoms. The number of aromatic nitrogens is 2. The Hall–Kier alpha value is -3.09. The molecule has 0 radical (unpaired) electrons. The zero-order chi connectivity index (χ0) is 16.2. The van der Waals surface area contributed by atoms with Gasteiger partial charge in [-0.2, -0.15) is 0 Å². The minimum absolute atomic E-state index is 0.143. The number of rotatable bonds is 4. The van der Waals surface area contributed by atoms with E-state index in [1.54, 1.807) is 24.3 Å². The molecule has 3 amide bonds. The molecular weight excluding hydrogens is 296 g/mol. The molecule has 23 heavy (non-hydrogen) atoms. The number of likely N-dealkylation sites (tertiary alicyclic amines) is 1. The highest BCUT2D eigenvalue weighted by molar-refractivity contribution is 6.03. The van der Waals surface area contributed by atoms with Gasteiger partial charge in [-0.25, -0.2) is 4.98 Å². The zero-order valence-electron chi connectivity index (χ0n) is 12.2. The topological polar surface area (TPSA) is 92.3 Å². The van der Waals surface area contributed by atoms with Crippen molar-refractivity contribution in [3.8, 4) is 0 Å². The highest BCUT2D eigenvalue weighted by atomic mass is 16.2. The summed E-state index contributed by atoms with van der Waals surface area (Å²) in [5.74, 6) is -0.638. The molecule has 7 heteroatoms. The molecule has 0 unspecified atom stereocenters. The van der Waals surface area contributed by atoms with Gasteiger partial charge in [0.05, 0.1) is 12.7 Å². The van der Waals surface area contributed by atoms with Crippen LogP contribution in [0.1, 0.15) is 28.9 Å². The van der Waals surface area contributed by atoms with Crippen LogP contribution in [0.3, 0.4) is 0 Å². The maximum atomic E-state index is 12.0.